The molecule has 2 aromatic rings. The summed E-state index contributed by atoms with van der Waals surface area (Å²) in [7, 11) is 0. The second-order valence-corrected chi connectivity index (χ2v) is 6.97. The molecule has 2 atom stereocenters. The Labute approximate surface area is 155 Å². The zero-order valence-corrected chi connectivity index (χ0v) is 15.4. The fourth-order valence-corrected chi connectivity index (χ4v) is 3.84. The van der Waals surface area contributed by atoms with Crippen LogP contribution < -0.4 is 0 Å². The quantitative estimate of drug-likeness (QED) is 0.511. The number of ketones is 1. The normalized spacial score (nSPS) is 20.1. The standard InChI is InChI=1S/C21H27N3O2/c1-2-3-5-11-18-19(17-9-6-4-7-10-17)24(21(26)20(18)25)14-8-13-23-15-12-22-16-23/h4,6-7,9-10,12,15-16,18-19H,2-3,5,8,11,13-14H2,1H3. The number of carbonyl (C=O) groups is 2. The Hall–Kier alpha value is -2.43. The van der Waals surface area contributed by atoms with Gasteiger partial charge in [0.05, 0.1) is 18.3 Å². The number of aromatic nitrogens is 2. The first-order valence-corrected chi connectivity index (χ1v) is 9.58. The summed E-state index contributed by atoms with van der Waals surface area (Å²) < 4.78 is 2.00. The minimum atomic E-state index is -0.314. The van der Waals surface area contributed by atoms with Crippen molar-refractivity contribution >= 4 is 11.7 Å². The van der Waals surface area contributed by atoms with Gasteiger partial charge in [0, 0.05) is 25.5 Å². The fraction of sp³-hybridized carbons (Fsp3) is 0.476. The molecule has 5 heteroatoms. The molecule has 1 aromatic heterocycles. The summed E-state index contributed by atoms with van der Waals surface area (Å²) in [6.45, 7) is 3.53. The Morgan fingerprint density at radius 1 is 1.04 bits per heavy atom. The van der Waals surface area contributed by atoms with Gasteiger partial charge in [-0.25, -0.2) is 4.98 Å². The molecule has 1 amide bonds. The number of aryl methyl sites for hydroxylation is 1. The molecular weight excluding hydrogens is 326 g/mol. The zero-order chi connectivity index (χ0) is 18.4. The van der Waals surface area contributed by atoms with Crippen molar-refractivity contribution in [2.75, 3.05) is 6.54 Å². The highest BCUT2D eigenvalue weighted by Gasteiger charge is 2.46. The third-order valence-electron chi connectivity index (χ3n) is 5.16. The van der Waals surface area contributed by atoms with Crippen LogP contribution in [-0.4, -0.2) is 32.7 Å². The number of amides is 1. The second kappa shape index (κ2) is 8.79. The fourth-order valence-electron chi connectivity index (χ4n) is 3.84. The van der Waals surface area contributed by atoms with E-state index >= 15 is 0 Å². The lowest BCUT2D eigenvalue weighted by molar-refractivity contribution is -0.141. The maximum absolute atomic E-state index is 12.7. The van der Waals surface area contributed by atoms with Gasteiger partial charge in [0.2, 0.25) is 5.78 Å². The van der Waals surface area contributed by atoms with Gasteiger partial charge in [0.1, 0.15) is 0 Å². The highest BCUT2D eigenvalue weighted by Crippen LogP contribution is 2.39. The molecule has 138 valence electrons. The smallest absolute Gasteiger partial charge is 0.290 e. The Bertz CT molecular complexity index is 712. The lowest BCUT2D eigenvalue weighted by Crippen LogP contribution is -2.31. The molecular formula is C21H27N3O2. The Morgan fingerprint density at radius 3 is 2.54 bits per heavy atom. The summed E-state index contributed by atoms with van der Waals surface area (Å²) in [4.78, 5) is 31.2. The number of rotatable bonds is 9. The first-order chi connectivity index (χ1) is 12.7. The van der Waals surface area contributed by atoms with Crippen LogP contribution in [0.25, 0.3) is 0 Å². The van der Waals surface area contributed by atoms with Crippen molar-refractivity contribution in [3.8, 4) is 0 Å². The van der Waals surface area contributed by atoms with Gasteiger partial charge in [-0.15, -0.1) is 0 Å². The van der Waals surface area contributed by atoms with Gasteiger partial charge in [-0.2, -0.15) is 0 Å². The minimum absolute atomic E-state index is 0.129. The number of imidazole rings is 1. The van der Waals surface area contributed by atoms with Crippen LogP contribution in [0.2, 0.25) is 0 Å². The van der Waals surface area contributed by atoms with Crippen molar-refractivity contribution in [1.29, 1.82) is 0 Å². The first-order valence-electron chi connectivity index (χ1n) is 9.58. The number of hydrogen-bond acceptors (Lipinski definition) is 3. The molecule has 2 heterocycles. The Kier molecular flexibility index (Phi) is 6.21. The van der Waals surface area contributed by atoms with Crippen LogP contribution in [-0.2, 0) is 16.1 Å². The third kappa shape index (κ3) is 4.03. The van der Waals surface area contributed by atoms with Crippen molar-refractivity contribution in [3.05, 3.63) is 54.6 Å². The molecule has 2 unspecified atom stereocenters. The van der Waals surface area contributed by atoms with E-state index in [2.05, 4.69) is 11.9 Å². The molecule has 0 saturated carbocycles. The highest BCUT2D eigenvalue weighted by molar-refractivity contribution is 6.39. The van der Waals surface area contributed by atoms with E-state index in [0.29, 0.717) is 6.54 Å². The molecule has 1 aliphatic rings. The summed E-state index contributed by atoms with van der Waals surface area (Å²) in [6.07, 6.45) is 10.2. The van der Waals surface area contributed by atoms with Crippen LogP contribution in [0.15, 0.2) is 49.1 Å². The van der Waals surface area contributed by atoms with Crippen molar-refractivity contribution < 1.29 is 9.59 Å². The molecule has 0 bridgehead atoms. The van der Waals surface area contributed by atoms with Gasteiger partial charge in [0.15, 0.2) is 0 Å². The van der Waals surface area contributed by atoms with Crippen molar-refractivity contribution in [2.45, 2.75) is 51.6 Å². The molecule has 26 heavy (non-hydrogen) atoms. The van der Waals surface area contributed by atoms with E-state index in [1.165, 1.54) is 0 Å². The molecule has 1 aliphatic heterocycles. The van der Waals surface area contributed by atoms with Gasteiger partial charge >= 0.3 is 0 Å². The van der Waals surface area contributed by atoms with Gasteiger partial charge in [0.25, 0.3) is 5.91 Å². The highest BCUT2D eigenvalue weighted by atomic mass is 16.2. The van der Waals surface area contributed by atoms with E-state index in [1.54, 1.807) is 17.4 Å². The van der Waals surface area contributed by atoms with Crippen molar-refractivity contribution in [2.24, 2.45) is 5.92 Å². The van der Waals surface area contributed by atoms with Crippen LogP contribution in [0, 0.1) is 5.92 Å². The van der Waals surface area contributed by atoms with Crippen LogP contribution >= 0.6 is 0 Å². The number of unbranched alkanes of at least 4 members (excludes halogenated alkanes) is 2. The maximum Gasteiger partial charge on any atom is 0.290 e. The number of hydrogen-bond donors (Lipinski definition) is 0. The van der Waals surface area contributed by atoms with E-state index < -0.39 is 0 Å². The summed E-state index contributed by atoms with van der Waals surface area (Å²) in [5, 5.41) is 0. The van der Waals surface area contributed by atoms with E-state index in [9.17, 15) is 9.59 Å². The lowest BCUT2D eigenvalue weighted by atomic mass is 9.88. The van der Waals surface area contributed by atoms with Crippen LogP contribution in [0.1, 0.15) is 50.6 Å². The van der Waals surface area contributed by atoms with E-state index in [0.717, 1.165) is 44.2 Å². The predicted molar refractivity (Wildman–Crippen MR) is 100 cm³/mol. The average Bonchev–Trinajstić information content (AvgIpc) is 3.26. The van der Waals surface area contributed by atoms with Gasteiger partial charge in [-0.3, -0.25) is 9.59 Å². The SMILES string of the molecule is CCCCCC1C(=O)C(=O)N(CCCn2ccnc2)C1c1ccccc1. The van der Waals surface area contributed by atoms with E-state index in [1.807, 2.05) is 41.1 Å². The third-order valence-corrected chi connectivity index (χ3v) is 5.16. The summed E-state index contributed by atoms with van der Waals surface area (Å²) >= 11 is 0. The molecule has 0 spiro atoms. The van der Waals surface area contributed by atoms with Crippen LogP contribution in [0.5, 0.6) is 0 Å². The largest absolute Gasteiger partial charge is 0.337 e. The number of benzene rings is 1. The first kappa shape index (κ1) is 18.4. The summed E-state index contributed by atoms with van der Waals surface area (Å²) in [5.41, 5.74) is 1.07. The van der Waals surface area contributed by atoms with Gasteiger partial charge in [-0.05, 0) is 18.4 Å². The molecule has 1 saturated heterocycles. The Morgan fingerprint density at radius 2 is 1.85 bits per heavy atom. The zero-order valence-electron chi connectivity index (χ0n) is 15.4. The summed E-state index contributed by atoms with van der Waals surface area (Å²) in [5.74, 6) is -0.742. The van der Waals surface area contributed by atoms with Crippen LogP contribution in [0.4, 0.5) is 0 Å². The summed E-state index contributed by atoms with van der Waals surface area (Å²) in [6, 6.07) is 9.87. The lowest BCUT2D eigenvalue weighted by Gasteiger charge is -2.28. The Balaban J connectivity index is 1.75. The molecule has 0 N–H and O–H groups in total. The minimum Gasteiger partial charge on any atom is -0.337 e. The number of Topliss-reactive ketones (excluding diaryl/α,β-unsaturated/α-hetero) is 1. The average molecular weight is 353 g/mol. The predicted octanol–water partition coefficient (Wildman–Crippen LogP) is 3.62. The molecule has 3 rings (SSSR count). The van der Waals surface area contributed by atoms with E-state index in [4.69, 9.17) is 0 Å². The molecule has 5 nitrogen and oxygen atoms in total. The maximum atomic E-state index is 12.7. The number of nitrogens with zero attached hydrogens (tertiary/aromatic N) is 3. The van der Waals surface area contributed by atoms with Crippen LogP contribution in [0.3, 0.4) is 0 Å². The topological polar surface area (TPSA) is 55.2 Å². The van der Waals surface area contributed by atoms with Crippen molar-refractivity contribution in [1.82, 2.24) is 14.5 Å². The number of carbonyl (C=O) groups excluding carboxylic acids is 2. The molecule has 1 aromatic carbocycles. The molecule has 0 radical (unpaired) electrons. The van der Waals surface area contributed by atoms with Gasteiger partial charge < -0.3 is 9.47 Å². The van der Waals surface area contributed by atoms with Gasteiger partial charge in [-0.1, -0.05) is 56.5 Å². The van der Waals surface area contributed by atoms with E-state index in [-0.39, 0.29) is 23.7 Å². The molecule has 0 aliphatic carbocycles. The monoisotopic (exact) mass is 353 g/mol. The van der Waals surface area contributed by atoms with Crippen molar-refractivity contribution in [3.63, 3.8) is 0 Å². The second-order valence-electron chi connectivity index (χ2n) is 6.97. The molecule has 1 fully saturated rings. The number of likely N-dealkylation sites (tertiary alicyclic amines) is 1.